The number of thiophene rings is 1. The van der Waals surface area contributed by atoms with Gasteiger partial charge in [0.1, 0.15) is 5.82 Å². The minimum absolute atomic E-state index is 0.0422. The maximum atomic E-state index is 13.1. The normalized spacial score (nSPS) is 16.5. The molecule has 5 nitrogen and oxygen atoms in total. The van der Waals surface area contributed by atoms with Crippen molar-refractivity contribution in [3.8, 4) is 0 Å². The average molecular weight is 396 g/mol. The zero-order valence-corrected chi connectivity index (χ0v) is 16.0. The Morgan fingerprint density at radius 3 is 2.81 bits per heavy atom. The van der Waals surface area contributed by atoms with Crippen LogP contribution >= 0.6 is 22.9 Å². The van der Waals surface area contributed by atoms with Crippen LogP contribution in [0.2, 0.25) is 5.02 Å². The summed E-state index contributed by atoms with van der Waals surface area (Å²) in [4.78, 5) is 27.5. The second-order valence-electron chi connectivity index (χ2n) is 6.26. The van der Waals surface area contributed by atoms with E-state index < -0.39 is 11.7 Å². The van der Waals surface area contributed by atoms with Crippen molar-refractivity contribution in [3.05, 3.63) is 51.1 Å². The molecule has 1 aromatic carbocycles. The quantitative estimate of drug-likeness (QED) is 0.832. The number of rotatable bonds is 4. The molecule has 1 aromatic heterocycles. The van der Waals surface area contributed by atoms with E-state index in [2.05, 4.69) is 10.6 Å². The van der Waals surface area contributed by atoms with Crippen molar-refractivity contribution in [2.24, 2.45) is 0 Å². The van der Waals surface area contributed by atoms with E-state index in [0.29, 0.717) is 9.88 Å². The highest BCUT2D eigenvalue weighted by atomic mass is 35.5. The van der Waals surface area contributed by atoms with Gasteiger partial charge in [0.25, 0.3) is 11.8 Å². The van der Waals surface area contributed by atoms with Gasteiger partial charge >= 0.3 is 0 Å². The number of halogens is 2. The van der Waals surface area contributed by atoms with Gasteiger partial charge in [-0.05, 0) is 49.7 Å². The summed E-state index contributed by atoms with van der Waals surface area (Å²) in [5.41, 5.74) is 0.986. The molecule has 1 aliphatic rings. The number of nitrogens with zero attached hydrogens (tertiary/aromatic N) is 1. The first-order valence-electron chi connectivity index (χ1n) is 8.21. The van der Waals surface area contributed by atoms with Gasteiger partial charge in [-0.15, -0.1) is 11.3 Å². The van der Waals surface area contributed by atoms with E-state index in [1.165, 1.54) is 23.5 Å². The van der Waals surface area contributed by atoms with E-state index in [-0.39, 0.29) is 22.5 Å². The number of aryl methyl sites for hydroxylation is 1. The number of hydrogen-bond acceptors (Lipinski definition) is 4. The summed E-state index contributed by atoms with van der Waals surface area (Å²) in [6, 6.07) is 5.55. The second-order valence-corrected chi connectivity index (χ2v) is 7.72. The number of amides is 2. The first-order valence-corrected chi connectivity index (χ1v) is 9.41. The lowest BCUT2D eigenvalue weighted by molar-refractivity contribution is 0.0748. The Kier molecular flexibility index (Phi) is 5.60. The largest absolute Gasteiger partial charge is 0.337 e. The lowest BCUT2D eigenvalue weighted by atomic mass is 10.2. The molecule has 1 unspecified atom stereocenters. The number of likely N-dealkylation sites (N-methyl/N-ethyl adjacent to an activating group) is 1. The molecule has 0 aliphatic carbocycles. The Balaban J connectivity index is 1.75. The van der Waals surface area contributed by atoms with Gasteiger partial charge in [0, 0.05) is 19.6 Å². The molecule has 2 aromatic rings. The monoisotopic (exact) mass is 395 g/mol. The summed E-state index contributed by atoms with van der Waals surface area (Å²) < 4.78 is 13.1. The van der Waals surface area contributed by atoms with Crippen LogP contribution in [0.4, 0.5) is 9.39 Å². The summed E-state index contributed by atoms with van der Waals surface area (Å²) in [5.74, 6) is -0.999. The Bertz CT molecular complexity index is 849. The van der Waals surface area contributed by atoms with E-state index in [0.717, 1.165) is 31.1 Å². The van der Waals surface area contributed by atoms with E-state index >= 15 is 0 Å². The lowest BCUT2D eigenvalue weighted by Gasteiger charge is -2.23. The predicted molar refractivity (Wildman–Crippen MR) is 102 cm³/mol. The van der Waals surface area contributed by atoms with Crippen LogP contribution in [-0.4, -0.2) is 42.9 Å². The number of benzene rings is 1. The Labute approximate surface area is 160 Å². The number of anilines is 1. The highest BCUT2D eigenvalue weighted by Crippen LogP contribution is 2.29. The molecule has 8 heteroatoms. The molecular formula is C18H19ClFN3O2S. The Morgan fingerprint density at radius 1 is 1.38 bits per heavy atom. The van der Waals surface area contributed by atoms with Crippen LogP contribution in [0.25, 0.3) is 0 Å². The number of hydrogen-bond donors (Lipinski definition) is 2. The summed E-state index contributed by atoms with van der Waals surface area (Å²) >= 11 is 7.15. The summed E-state index contributed by atoms with van der Waals surface area (Å²) in [7, 11) is 1.80. The third kappa shape index (κ3) is 3.90. The lowest BCUT2D eigenvalue weighted by Crippen LogP contribution is -2.38. The fourth-order valence-electron chi connectivity index (χ4n) is 2.90. The summed E-state index contributed by atoms with van der Waals surface area (Å²) in [6.07, 6.45) is 0.930. The molecule has 138 valence electrons. The van der Waals surface area contributed by atoms with Crippen LogP contribution in [0, 0.1) is 12.7 Å². The van der Waals surface area contributed by atoms with Crippen LogP contribution in [0.15, 0.2) is 24.3 Å². The molecule has 0 radical (unpaired) electrons. The van der Waals surface area contributed by atoms with E-state index in [4.69, 9.17) is 11.6 Å². The Hall–Kier alpha value is -1.96. The molecule has 2 amide bonds. The number of nitrogens with one attached hydrogen (secondary N) is 2. The fourth-order valence-corrected chi connectivity index (χ4v) is 4.21. The van der Waals surface area contributed by atoms with Gasteiger partial charge < -0.3 is 15.5 Å². The van der Waals surface area contributed by atoms with Crippen LogP contribution < -0.4 is 10.6 Å². The van der Waals surface area contributed by atoms with Gasteiger partial charge in [-0.25, -0.2) is 4.39 Å². The van der Waals surface area contributed by atoms with Crippen LogP contribution in [-0.2, 0) is 0 Å². The minimum atomic E-state index is -0.504. The molecule has 1 aliphatic heterocycles. The van der Waals surface area contributed by atoms with Crippen molar-refractivity contribution < 1.29 is 14.0 Å². The molecule has 2 heterocycles. The van der Waals surface area contributed by atoms with Crippen LogP contribution in [0.1, 0.15) is 32.0 Å². The molecule has 26 heavy (non-hydrogen) atoms. The molecule has 0 saturated carbocycles. The SMILES string of the molecule is Cc1cc(NC(=O)c2ccc(F)cc2Cl)sc1C(=O)N(C)C1CCNC1. The van der Waals surface area contributed by atoms with E-state index in [1.807, 2.05) is 6.92 Å². The van der Waals surface area contributed by atoms with Crippen LogP contribution in [0.3, 0.4) is 0 Å². The first-order chi connectivity index (χ1) is 12.4. The fraction of sp³-hybridized carbons (Fsp3) is 0.333. The van der Waals surface area contributed by atoms with Crippen molar-refractivity contribution in [1.29, 1.82) is 0 Å². The van der Waals surface area contributed by atoms with Crippen molar-refractivity contribution >= 4 is 39.8 Å². The predicted octanol–water partition coefficient (Wildman–Crippen LogP) is 3.54. The van der Waals surface area contributed by atoms with Gasteiger partial charge in [0.15, 0.2) is 0 Å². The third-order valence-corrected chi connectivity index (χ3v) is 5.88. The third-order valence-electron chi connectivity index (χ3n) is 4.43. The zero-order valence-electron chi connectivity index (χ0n) is 14.4. The number of carbonyl (C=O) groups excluding carboxylic acids is 2. The van der Waals surface area contributed by atoms with Crippen molar-refractivity contribution in [2.45, 2.75) is 19.4 Å². The van der Waals surface area contributed by atoms with Gasteiger partial charge in [0.2, 0.25) is 0 Å². The van der Waals surface area contributed by atoms with E-state index in [1.54, 1.807) is 18.0 Å². The van der Waals surface area contributed by atoms with Crippen molar-refractivity contribution in [3.63, 3.8) is 0 Å². The van der Waals surface area contributed by atoms with Crippen molar-refractivity contribution in [2.75, 3.05) is 25.5 Å². The average Bonchev–Trinajstić information content (AvgIpc) is 3.23. The van der Waals surface area contributed by atoms with E-state index in [9.17, 15) is 14.0 Å². The smallest absolute Gasteiger partial charge is 0.264 e. The van der Waals surface area contributed by atoms with Gasteiger partial charge in [-0.3, -0.25) is 9.59 Å². The first kappa shape index (κ1) is 18.8. The highest BCUT2D eigenvalue weighted by Gasteiger charge is 2.26. The molecule has 1 fully saturated rings. The van der Waals surface area contributed by atoms with Gasteiger partial charge in [-0.2, -0.15) is 0 Å². The summed E-state index contributed by atoms with van der Waals surface area (Å²) in [5, 5.41) is 6.57. The van der Waals surface area contributed by atoms with Gasteiger partial charge in [0.05, 0.1) is 20.5 Å². The standard InChI is InChI=1S/C18H19ClFN3O2S/c1-10-7-15(22-17(24)13-4-3-11(20)8-14(13)19)26-16(10)18(25)23(2)12-5-6-21-9-12/h3-4,7-8,12,21H,5-6,9H2,1-2H3,(H,22,24). The van der Waals surface area contributed by atoms with Gasteiger partial charge in [-0.1, -0.05) is 11.6 Å². The second kappa shape index (κ2) is 7.73. The van der Waals surface area contributed by atoms with Crippen LogP contribution in [0.5, 0.6) is 0 Å². The highest BCUT2D eigenvalue weighted by molar-refractivity contribution is 7.18. The molecule has 0 bridgehead atoms. The molecule has 2 N–H and O–H groups in total. The maximum absolute atomic E-state index is 13.1. The molecule has 0 spiro atoms. The minimum Gasteiger partial charge on any atom is -0.337 e. The Morgan fingerprint density at radius 2 is 2.15 bits per heavy atom. The number of carbonyl (C=O) groups is 2. The topological polar surface area (TPSA) is 61.4 Å². The molecule has 3 rings (SSSR count). The summed E-state index contributed by atoms with van der Waals surface area (Å²) in [6.45, 7) is 3.54. The zero-order chi connectivity index (χ0) is 18.8. The molecule has 1 atom stereocenters. The maximum Gasteiger partial charge on any atom is 0.264 e. The molecular weight excluding hydrogens is 377 g/mol. The van der Waals surface area contributed by atoms with Crippen molar-refractivity contribution in [1.82, 2.24) is 10.2 Å². The molecule has 1 saturated heterocycles.